The van der Waals surface area contributed by atoms with Crippen molar-refractivity contribution in [2.24, 2.45) is 17.6 Å². The van der Waals surface area contributed by atoms with E-state index in [1.165, 1.54) is 19.3 Å². The van der Waals surface area contributed by atoms with Crippen molar-refractivity contribution < 1.29 is 9.53 Å². The second-order valence-corrected chi connectivity index (χ2v) is 7.10. The zero-order valence-corrected chi connectivity index (χ0v) is 15.4. The van der Waals surface area contributed by atoms with Crippen molar-refractivity contribution in [1.82, 2.24) is 5.32 Å². The Balaban J connectivity index is 0.00000208. The van der Waals surface area contributed by atoms with Gasteiger partial charge in [-0.05, 0) is 69.1 Å². The van der Waals surface area contributed by atoms with Crippen molar-refractivity contribution in [3.8, 4) is 5.75 Å². The molecule has 0 spiro atoms. The largest absolute Gasteiger partial charge is 0.494 e. The number of aryl methyl sites for hydroxylation is 1. The van der Waals surface area contributed by atoms with Crippen LogP contribution in [0.2, 0.25) is 0 Å². The number of halogens is 1. The maximum absolute atomic E-state index is 12.7. The van der Waals surface area contributed by atoms with Gasteiger partial charge in [0.1, 0.15) is 5.75 Å². The number of nitrogens with two attached hydrogens (primary N) is 1. The van der Waals surface area contributed by atoms with Gasteiger partial charge in [0.05, 0.1) is 6.61 Å². The lowest BCUT2D eigenvalue weighted by Crippen LogP contribution is -2.53. The van der Waals surface area contributed by atoms with Crippen molar-refractivity contribution in [1.29, 1.82) is 0 Å². The Morgan fingerprint density at radius 2 is 1.96 bits per heavy atom. The monoisotopic (exact) mass is 352 g/mol. The number of benzene rings is 1. The molecule has 0 aromatic heterocycles. The minimum Gasteiger partial charge on any atom is -0.494 e. The van der Waals surface area contributed by atoms with E-state index in [0.717, 1.165) is 24.2 Å². The van der Waals surface area contributed by atoms with Crippen LogP contribution < -0.4 is 15.8 Å². The molecule has 2 aliphatic carbocycles. The molecule has 4 nitrogen and oxygen atoms in total. The zero-order chi connectivity index (χ0) is 16.4. The summed E-state index contributed by atoms with van der Waals surface area (Å²) in [5, 5.41) is 3.30. The normalized spacial score (nSPS) is 28.6. The summed E-state index contributed by atoms with van der Waals surface area (Å²) in [5.41, 5.74) is 7.92. The van der Waals surface area contributed by atoms with Gasteiger partial charge < -0.3 is 15.8 Å². The number of nitrogens with one attached hydrogen (secondary N) is 1. The van der Waals surface area contributed by atoms with E-state index < -0.39 is 0 Å². The van der Waals surface area contributed by atoms with Gasteiger partial charge in [-0.25, -0.2) is 0 Å². The minimum atomic E-state index is 0. The molecular weight excluding hydrogens is 324 g/mol. The molecule has 1 aromatic rings. The third kappa shape index (κ3) is 4.04. The number of carbonyl (C=O) groups excluding carboxylic acids is 1. The van der Waals surface area contributed by atoms with Crippen LogP contribution in [0.5, 0.6) is 5.75 Å². The first-order chi connectivity index (χ1) is 11.1. The summed E-state index contributed by atoms with van der Waals surface area (Å²) in [4.78, 5) is 12.7. The highest BCUT2D eigenvalue weighted by Gasteiger charge is 2.39. The van der Waals surface area contributed by atoms with Crippen LogP contribution in [-0.4, -0.2) is 24.6 Å². The van der Waals surface area contributed by atoms with E-state index in [1.54, 1.807) is 0 Å². The Labute approximate surface area is 150 Å². The first kappa shape index (κ1) is 19.1. The number of hydrogen-bond acceptors (Lipinski definition) is 3. The highest BCUT2D eigenvalue weighted by Crippen LogP contribution is 2.39. The molecule has 2 saturated carbocycles. The van der Waals surface area contributed by atoms with Crippen LogP contribution in [0, 0.1) is 18.8 Å². The number of carbonyl (C=O) groups is 1. The Morgan fingerprint density at radius 1 is 1.29 bits per heavy atom. The number of fused-ring (bicyclic) bond motifs is 2. The van der Waals surface area contributed by atoms with Crippen LogP contribution in [-0.2, 0) is 0 Å². The highest BCUT2D eigenvalue weighted by molar-refractivity contribution is 5.95. The minimum absolute atomic E-state index is 0. The van der Waals surface area contributed by atoms with Crippen LogP contribution in [0.15, 0.2) is 18.2 Å². The van der Waals surface area contributed by atoms with E-state index >= 15 is 0 Å². The average Bonchev–Trinajstić information content (AvgIpc) is 2.50. The molecule has 2 aliphatic rings. The van der Waals surface area contributed by atoms with Crippen molar-refractivity contribution in [3.05, 3.63) is 29.3 Å². The lowest BCUT2D eigenvalue weighted by atomic mass is 9.67. The Hall–Kier alpha value is -1.26. The van der Waals surface area contributed by atoms with E-state index in [0.29, 0.717) is 30.0 Å². The highest BCUT2D eigenvalue weighted by atomic mass is 35.5. The molecule has 2 fully saturated rings. The predicted molar refractivity (Wildman–Crippen MR) is 98.9 cm³/mol. The fourth-order valence-electron chi connectivity index (χ4n) is 4.31. The third-order valence-electron chi connectivity index (χ3n) is 5.42. The van der Waals surface area contributed by atoms with Gasteiger partial charge in [0.25, 0.3) is 5.91 Å². The molecule has 24 heavy (non-hydrogen) atoms. The van der Waals surface area contributed by atoms with Crippen molar-refractivity contribution in [2.75, 3.05) is 6.61 Å². The summed E-state index contributed by atoms with van der Waals surface area (Å²) >= 11 is 0. The van der Waals surface area contributed by atoms with E-state index in [-0.39, 0.29) is 24.4 Å². The number of hydrogen-bond donors (Lipinski definition) is 2. The molecule has 3 rings (SSSR count). The molecule has 0 saturated heterocycles. The lowest BCUT2D eigenvalue weighted by molar-refractivity contribution is 0.0755. The van der Waals surface area contributed by atoms with Gasteiger partial charge in [-0.1, -0.05) is 12.5 Å². The summed E-state index contributed by atoms with van der Waals surface area (Å²) in [6.45, 7) is 4.56. The van der Waals surface area contributed by atoms with Crippen molar-refractivity contribution in [3.63, 3.8) is 0 Å². The van der Waals surface area contributed by atoms with Gasteiger partial charge in [-0.15, -0.1) is 12.4 Å². The van der Waals surface area contributed by atoms with Gasteiger partial charge in [0, 0.05) is 17.6 Å². The molecule has 1 amide bonds. The van der Waals surface area contributed by atoms with E-state index in [2.05, 4.69) is 5.32 Å². The topological polar surface area (TPSA) is 64.3 Å². The molecule has 134 valence electrons. The molecule has 0 aliphatic heterocycles. The maximum atomic E-state index is 12.7. The molecule has 2 atom stereocenters. The molecule has 2 bridgehead atoms. The van der Waals surface area contributed by atoms with Crippen LogP contribution in [0.25, 0.3) is 0 Å². The molecule has 0 radical (unpaired) electrons. The van der Waals surface area contributed by atoms with Gasteiger partial charge >= 0.3 is 0 Å². The van der Waals surface area contributed by atoms with Crippen LogP contribution >= 0.6 is 12.4 Å². The second-order valence-electron chi connectivity index (χ2n) is 7.10. The number of ether oxygens (including phenoxy) is 1. The molecule has 1 aromatic carbocycles. The Kier molecular flexibility index (Phi) is 6.53. The lowest BCUT2D eigenvalue weighted by Gasteiger charge is -2.45. The second kappa shape index (κ2) is 8.21. The van der Waals surface area contributed by atoms with Gasteiger partial charge in [-0.2, -0.15) is 0 Å². The number of amides is 1. The summed E-state index contributed by atoms with van der Waals surface area (Å²) in [5.74, 6) is 1.89. The van der Waals surface area contributed by atoms with Gasteiger partial charge in [0.2, 0.25) is 0 Å². The Bertz CT molecular complexity index is 564. The first-order valence-corrected chi connectivity index (χ1v) is 8.88. The first-order valence-electron chi connectivity index (χ1n) is 8.88. The summed E-state index contributed by atoms with van der Waals surface area (Å²) in [6, 6.07) is 6.29. The smallest absolute Gasteiger partial charge is 0.251 e. The van der Waals surface area contributed by atoms with E-state index in [1.807, 2.05) is 32.0 Å². The maximum Gasteiger partial charge on any atom is 0.251 e. The Morgan fingerprint density at radius 3 is 2.58 bits per heavy atom. The third-order valence-corrected chi connectivity index (χ3v) is 5.42. The molecule has 5 heteroatoms. The molecule has 2 unspecified atom stereocenters. The number of rotatable bonds is 4. The SMILES string of the molecule is CCOc1cc(C(=O)NC2C3CCCC2CC(N)C3)ccc1C.Cl. The standard InChI is InChI=1S/C19H28N2O2.ClH/c1-3-23-17-11-15(8-7-12(17)2)19(22)21-18-13-5-4-6-14(18)10-16(20)9-13;/h7-8,11,13-14,16,18H,3-6,9-10,20H2,1-2H3,(H,21,22);1H. The molecular formula is C19H29ClN2O2. The zero-order valence-electron chi connectivity index (χ0n) is 14.6. The van der Waals surface area contributed by atoms with Crippen LogP contribution in [0.3, 0.4) is 0 Å². The summed E-state index contributed by atoms with van der Waals surface area (Å²) < 4.78 is 5.61. The molecule has 3 N–H and O–H groups in total. The van der Waals surface area contributed by atoms with Crippen molar-refractivity contribution >= 4 is 18.3 Å². The predicted octanol–water partition coefficient (Wildman–Crippen LogP) is 3.45. The molecule has 0 heterocycles. The summed E-state index contributed by atoms with van der Waals surface area (Å²) in [6.07, 6.45) is 5.73. The van der Waals surface area contributed by atoms with Crippen LogP contribution in [0.4, 0.5) is 0 Å². The average molecular weight is 353 g/mol. The quantitative estimate of drug-likeness (QED) is 0.872. The van der Waals surface area contributed by atoms with Gasteiger partial charge in [-0.3, -0.25) is 4.79 Å². The van der Waals surface area contributed by atoms with E-state index in [4.69, 9.17) is 10.5 Å². The van der Waals surface area contributed by atoms with Gasteiger partial charge in [0.15, 0.2) is 0 Å². The fourth-order valence-corrected chi connectivity index (χ4v) is 4.31. The van der Waals surface area contributed by atoms with Crippen molar-refractivity contribution in [2.45, 2.75) is 58.0 Å². The van der Waals surface area contributed by atoms with E-state index in [9.17, 15) is 4.79 Å². The van der Waals surface area contributed by atoms with Crippen LogP contribution in [0.1, 0.15) is 54.9 Å². The fraction of sp³-hybridized carbons (Fsp3) is 0.632. The summed E-state index contributed by atoms with van der Waals surface area (Å²) in [7, 11) is 0.